The number of aryl methyl sites for hydroxylation is 5. The SMILES string of the molecule is CCn1nc(C)cc1C(=O)Nc1nc2cc(C(N)=O)cc(OCCCOP(=O)(O)O)c2n1CCC[C@H]1COc2cc(C(N)=O)cc3nc(NC(=O)c4cc(C)nn4CC)n1c23. The second-order valence-electron chi connectivity index (χ2n) is 14.3. The lowest BCUT2D eigenvalue weighted by Crippen LogP contribution is -2.26. The quantitative estimate of drug-likeness (QED) is 0.0533. The first kappa shape index (κ1) is 42.5. The van der Waals surface area contributed by atoms with E-state index in [0.29, 0.717) is 71.0 Å². The molecule has 0 unspecified atom stereocenters. The normalized spacial score (nSPS) is 13.7. The van der Waals surface area contributed by atoms with Crippen molar-refractivity contribution < 1.29 is 47.5 Å². The number of rotatable bonds is 18. The van der Waals surface area contributed by atoms with Gasteiger partial charge in [-0.05, 0) is 76.9 Å². The van der Waals surface area contributed by atoms with Crippen LogP contribution in [0.2, 0.25) is 0 Å². The molecule has 0 spiro atoms. The summed E-state index contributed by atoms with van der Waals surface area (Å²) in [5.41, 5.74) is 15.1. The fourth-order valence-electron chi connectivity index (χ4n) is 7.34. The van der Waals surface area contributed by atoms with Crippen LogP contribution < -0.4 is 31.6 Å². The highest BCUT2D eigenvalue weighted by Gasteiger charge is 2.30. The summed E-state index contributed by atoms with van der Waals surface area (Å²) in [7, 11) is -4.71. The first-order valence-electron chi connectivity index (χ1n) is 19.4. The lowest BCUT2D eigenvalue weighted by molar-refractivity contribution is 0.0991. The van der Waals surface area contributed by atoms with E-state index >= 15 is 0 Å². The molecule has 7 rings (SSSR count). The first-order chi connectivity index (χ1) is 29.0. The summed E-state index contributed by atoms with van der Waals surface area (Å²) in [6.07, 6.45) is 0.931. The Hall–Kier alpha value is -6.61. The van der Waals surface area contributed by atoms with Crippen LogP contribution in [0.3, 0.4) is 0 Å². The summed E-state index contributed by atoms with van der Waals surface area (Å²) in [5.74, 6) is -1.46. The monoisotopic (exact) mass is 860 g/mol. The lowest BCUT2D eigenvalue weighted by atomic mass is 10.1. The van der Waals surface area contributed by atoms with Crippen molar-refractivity contribution in [3.8, 4) is 11.5 Å². The van der Waals surface area contributed by atoms with Gasteiger partial charge in [0.1, 0.15) is 40.5 Å². The van der Waals surface area contributed by atoms with Gasteiger partial charge in [0, 0.05) is 37.2 Å². The molecule has 1 aliphatic rings. The summed E-state index contributed by atoms with van der Waals surface area (Å²) in [6, 6.07) is 8.92. The fraction of sp³-hybridized carbons (Fsp3) is 0.368. The van der Waals surface area contributed by atoms with Gasteiger partial charge in [0.25, 0.3) is 11.8 Å². The maximum Gasteiger partial charge on any atom is 0.469 e. The maximum absolute atomic E-state index is 13.8. The first-order valence-corrected chi connectivity index (χ1v) is 20.9. The molecule has 61 heavy (non-hydrogen) atoms. The van der Waals surface area contributed by atoms with Gasteiger partial charge in [-0.25, -0.2) is 14.5 Å². The molecule has 0 saturated heterocycles. The largest absolute Gasteiger partial charge is 0.491 e. The predicted molar refractivity (Wildman–Crippen MR) is 220 cm³/mol. The van der Waals surface area contributed by atoms with Crippen molar-refractivity contribution in [3.05, 3.63) is 70.3 Å². The highest BCUT2D eigenvalue weighted by molar-refractivity contribution is 7.46. The van der Waals surface area contributed by atoms with E-state index in [1.165, 1.54) is 18.2 Å². The Labute approximate surface area is 347 Å². The molecular weight excluding hydrogens is 815 g/mol. The molecule has 8 N–H and O–H groups in total. The number of imidazole rings is 2. The zero-order valence-electron chi connectivity index (χ0n) is 33.7. The van der Waals surface area contributed by atoms with Crippen molar-refractivity contribution in [2.45, 2.75) is 72.6 Å². The van der Waals surface area contributed by atoms with Crippen LogP contribution in [-0.2, 0) is 28.7 Å². The number of nitrogens with one attached hydrogen (secondary N) is 2. The summed E-state index contributed by atoms with van der Waals surface area (Å²) in [6.45, 7) is 8.17. The number of fused-ring (bicyclic) bond motifs is 1. The maximum atomic E-state index is 13.8. The van der Waals surface area contributed by atoms with E-state index in [0.717, 1.165) is 0 Å². The van der Waals surface area contributed by atoms with Crippen molar-refractivity contribution in [1.29, 1.82) is 0 Å². The van der Waals surface area contributed by atoms with Crippen LogP contribution in [0, 0.1) is 13.8 Å². The van der Waals surface area contributed by atoms with Gasteiger partial charge in [-0.3, -0.25) is 43.7 Å². The van der Waals surface area contributed by atoms with Gasteiger partial charge < -0.3 is 39.9 Å². The highest BCUT2D eigenvalue weighted by Crippen LogP contribution is 2.40. The Morgan fingerprint density at radius 1 is 0.820 bits per heavy atom. The van der Waals surface area contributed by atoms with Gasteiger partial charge in [-0.1, -0.05) is 0 Å². The van der Waals surface area contributed by atoms with Gasteiger partial charge in [0.15, 0.2) is 0 Å². The van der Waals surface area contributed by atoms with E-state index in [4.69, 9.17) is 40.7 Å². The van der Waals surface area contributed by atoms with Crippen molar-refractivity contribution in [2.75, 3.05) is 30.5 Å². The number of primary amides is 2. The Kier molecular flexibility index (Phi) is 12.0. The van der Waals surface area contributed by atoms with Crippen LogP contribution in [0.15, 0.2) is 36.4 Å². The van der Waals surface area contributed by atoms with Crippen molar-refractivity contribution in [2.24, 2.45) is 11.5 Å². The van der Waals surface area contributed by atoms with Crippen LogP contribution in [0.1, 0.15) is 92.2 Å². The van der Waals surface area contributed by atoms with Crippen LogP contribution >= 0.6 is 7.82 Å². The van der Waals surface area contributed by atoms with Crippen LogP contribution in [0.5, 0.6) is 11.5 Å². The van der Waals surface area contributed by atoms with Gasteiger partial charge >= 0.3 is 7.82 Å². The number of aromatic nitrogens is 8. The van der Waals surface area contributed by atoms with Crippen LogP contribution in [0.25, 0.3) is 22.1 Å². The summed E-state index contributed by atoms with van der Waals surface area (Å²) in [5, 5.41) is 14.6. The van der Waals surface area contributed by atoms with Gasteiger partial charge in [-0.2, -0.15) is 10.2 Å². The molecule has 4 amide bonds. The highest BCUT2D eigenvalue weighted by atomic mass is 31.2. The summed E-state index contributed by atoms with van der Waals surface area (Å²) in [4.78, 5) is 79.7. The van der Waals surface area contributed by atoms with Crippen molar-refractivity contribution in [1.82, 2.24) is 38.7 Å². The lowest BCUT2D eigenvalue weighted by Gasteiger charge is -2.27. The minimum atomic E-state index is -4.71. The molecule has 22 nitrogen and oxygen atoms in total. The van der Waals surface area contributed by atoms with E-state index in [2.05, 4.69) is 25.4 Å². The van der Waals surface area contributed by atoms with E-state index in [9.17, 15) is 23.7 Å². The Morgan fingerprint density at radius 3 is 1.98 bits per heavy atom. The third-order valence-corrected chi connectivity index (χ3v) is 10.5. The number of amides is 4. The average molecular weight is 861 g/mol. The summed E-state index contributed by atoms with van der Waals surface area (Å²) < 4.78 is 34.8. The number of hydrogen-bond donors (Lipinski definition) is 6. The van der Waals surface area contributed by atoms with E-state index in [1.54, 1.807) is 46.0 Å². The topological polar surface area (TPSA) is 301 Å². The van der Waals surface area contributed by atoms with E-state index in [-0.39, 0.29) is 67.1 Å². The molecule has 5 heterocycles. The number of phosphoric ester groups is 1. The third kappa shape index (κ3) is 8.97. The number of nitrogens with zero attached hydrogens (tertiary/aromatic N) is 8. The number of nitrogens with two attached hydrogens (primary N) is 2. The molecule has 6 aromatic rings. The minimum absolute atomic E-state index is 0.0703. The second-order valence-corrected chi connectivity index (χ2v) is 15.6. The number of carbonyl (C=O) groups excluding carboxylic acids is 4. The Balaban J connectivity index is 1.24. The van der Waals surface area contributed by atoms with E-state index in [1.807, 2.05) is 18.4 Å². The van der Waals surface area contributed by atoms with Crippen LogP contribution in [0.4, 0.5) is 11.9 Å². The standard InChI is InChI=1S/C38H45N12O10P/c1-5-48-27(13-20(3)45-48)35(53)43-37-41-25-15-22(33(39)51)17-29(58-11-8-12-60-61(55,56)57)31(25)47(37)10-7-9-24-19-59-30-18-23(34(40)52)16-26-32(30)50(24)38(42-26)44-36(54)28-14-21(4)46-49(28)6-2/h13-18,24H,5-12,19H2,1-4H3,(H2,39,51)(H2,40,52)(H,41,43,53)(H,42,44,54)(H2,55,56,57)/t24-/m0/s1. The molecule has 2 aromatic carbocycles. The molecule has 1 atom stereocenters. The molecule has 0 bridgehead atoms. The predicted octanol–water partition coefficient (Wildman–Crippen LogP) is 3.43. The Morgan fingerprint density at radius 2 is 1.39 bits per heavy atom. The minimum Gasteiger partial charge on any atom is -0.491 e. The smallest absolute Gasteiger partial charge is 0.469 e. The van der Waals surface area contributed by atoms with Gasteiger partial charge in [0.2, 0.25) is 23.7 Å². The molecule has 4 aromatic heterocycles. The number of ether oxygens (including phenoxy) is 2. The number of carbonyl (C=O) groups is 4. The van der Waals surface area contributed by atoms with Gasteiger partial charge in [0.05, 0.1) is 41.7 Å². The Bertz CT molecular complexity index is 2750. The number of benzene rings is 2. The van der Waals surface area contributed by atoms with Crippen molar-refractivity contribution in [3.63, 3.8) is 0 Å². The molecular formula is C38H45N12O10P. The zero-order valence-corrected chi connectivity index (χ0v) is 34.6. The second kappa shape index (κ2) is 17.2. The summed E-state index contributed by atoms with van der Waals surface area (Å²) >= 11 is 0. The number of anilines is 2. The number of phosphoric acid groups is 1. The molecule has 322 valence electrons. The van der Waals surface area contributed by atoms with Crippen LogP contribution in [-0.4, -0.2) is 91.9 Å². The zero-order chi connectivity index (χ0) is 43.7. The molecule has 0 saturated carbocycles. The number of hydrogen-bond acceptors (Lipinski definition) is 12. The molecule has 0 fully saturated rings. The van der Waals surface area contributed by atoms with Crippen molar-refractivity contribution >= 4 is 65.4 Å². The van der Waals surface area contributed by atoms with E-state index < -0.39 is 37.5 Å². The molecule has 0 aliphatic carbocycles. The molecule has 23 heteroatoms. The fourth-order valence-corrected chi connectivity index (χ4v) is 7.70. The molecule has 0 radical (unpaired) electrons. The van der Waals surface area contributed by atoms with Gasteiger partial charge in [-0.15, -0.1) is 0 Å². The molecule has 1 aliphatic heterocycles. The average Bonchev–Trinajstić information content (AvgIpc) is 3.97. The third-order valence-electron chi connectivity index (χ3n) is 9.97.